The van der Waals surface area contributed by atoms with Crippen LogP contribution in [0.25, 0.3) is 11.0 Å². The highest BCUT2D eigenvalue weighted by Crippen LogP contribution is 2.09. The second kappa shape index (κ2) is 6.52. The largest absolute Gasteiger partial charge is 0.341 e. The first-order valence-corrected chi connectivity index (χ1v) is 6.69. The van der Waals surface area contributed by atoms with Crippen LogP contribution in [0.3, 0.4) is 0 Å². The van der Waals surface area contributed by atoms with Gasteiger partial charge >= 0.3 is 0 Å². The van der Waals surface area contributed by atoms with Crippen molar-refractivity contribution < 1.29 is 0 Å². The van der Waals surface area contributed by atoms with Gasteiger partial charge in [0, 0.05) is 12.6 Å². The van der Waals surface area contributed by atoms with Gasteiger partial charge in [0.25, 0.3) is 0 Å². The van der Waals surface area contributed by atoms with Gasteiger partial charge in [-0.1, -0.05) is 31.9 Å². The monoisotopic (exact) mass is 246 g/mol. The number of hydrogen-bond donors (Lipinski definition) is 3. The van der Waals surface area contributed by atoms with E-state index in [-0.39, 0.29) is 6.04 Å². The third-order valence-corrected chi connectivity index (χ3v) is 3.07. The molecule has 0 saturated carbocycles. The molecular weight excluding hydrogens is 224 g/mol. The number of nitrogens with zero attached hydrogens (tertiary/aromatic N) is 1. The minimum Gasteiger partial charge on any atom is -0.341 e. The SMILES string of the molecule is CCCCC(N)CNCc1nc2ccccc2[nH]1. The Hall–Kier alpha value is -1.39. The molecule has 0 aliphatic heterocycles. The lowest BCUT2D eigenvalue weighted by atomic mass is 10.1. The predicted octanol–water partition coefficient (Wildman–Crippen LogP) is 2.17. The Labute approximate surface area is 108 Å². The lowest BCUT2D eigenvalue weighted by molar-refractivity contribution is 0.520. The zero-order valence-corrected chi connectivity index (χ0v) is 10.9. The van der Waals surface area contributed by atoms with Gasteiger partial charge in [-0.2, -0.15) is 0 Å². The van der Waals surface area contributed by atoms with E-state index >= 15 is 0 Å². The van der Waals surface area contributed by atoms with Crippen LogP contribution >= 0.6 is 0 Å². The first-order valence-electron chi connectivity index (χ1n) is 6.69. The van der Waals surface area contributed by atoms with Crippen LogP contribution in [-0.4, -0.2) is 22.6 Å². The normalized spacial score (nSPS) is 13.0. The fourth-order valence-corrected chi connectivity index (χ4v) is 2.03. The molecule has 0 bridgehead atoms. The van der Waals surface area contributed by atoms with Crippen LogP contribution in [0.15, 0.2) is 24.3 Å². The summed E-state index contributed by atoms with van der Waals surface area (Å²) in [7, 11) is 0. The molecule has 18 heavy (non-hydrogen) atoms. The van der Waals surface area contributed by atoms with Crippen LogP contribution in [0, 0.1) is 0 Å². The van der Waals surface area contributed by atoms with Crippen LogP contribution in [0.2, 0.25) is 0 Å². The highest BCUT2D eigenvalue weighted by molar-refractivity contribution is 5.74. The van der Waals surface area contributed by atoms with Crippen molar-refractivity contribution in [3.63, 3.8) is 0 Å². The number of unbranched alkanes of at least 4 members (excludes halogenated alkanes) is 1. The maximum atomic E-state index is 6.01. The van der Waals surface area contributed by atoms with E-state index in [1.54, 1.807) is 0 Å². The molecule has 1 heterocycles. The van der Waals surface area contributed by atoms with E-state index in [0.717, 1.165) is 36.4 Å². The van der Waals surface area contributed by atoms with Gasteiger partial charge in [-0.3, -0.25) is 0 Å². The molecule has 0 amide bonds. The summed E-state index contributed by atoms with van der Waals surface area (Å²) in [5.41, 5.74) is 8.11. The molecule has 0 radical (unpaired) electrons. The average Bonchev–Trinajstić information content (AvgIpc) is 2.79. The Morgan fingerprint density at radius 3 is 3.00 bits per heavy atom. The van der Waals surface area contributed by atoms with Gasteiger partial charge in [-0.15, -0.1) is 0 Å². The van der Waals surface area contributed by atoms with Crippen molar-refractivity contribution in [3.8, 4) is 0 Å². The van der Waals surface area contributed by atoms with Crippen LogP contribution in [0.4, 0.5) is 0 Å². The topological polar surface area (TPSA) is 66.7 Å². The number of imidazole rings is 1. The minimum atomic E-state index is 0.245. The molecule has 0 saturated heterocycles. The number of nitrogens with one attached hydrogen (secondary N) is 2. The molecule has 1 unspecified atom stereocenters. The van der Waals surface area contributed by atoms with Crippen molar-refractivity contribution in [2.75, 3.05) is 6.54 Å². The summed E-state index contributed by atoms with van der Waals surface area (Å²) in [4.78, 5) is 7.81. The Kier molecular flexibility index (Phi) is 4.73. The van der Waals surface area contributed by atoms with E-state index in [1.165, 1.54) is 12.8 Å². The Morgan fingerprint density at radius 2 is 2.22 bits per heavy atom. The molecule has 4 heteroatoms. The van der Waals surface area contributed by atoms with Crippen molar-refractivity contribution in [2.24, 2.45) is 5.73 Å². The molecular formula is C14H22N4. The van der Waals surface area contributed by atoms with E-state index in [1.807, 2.05) is 24.3 Å². The molecule has 2 rings (SSSR count). The van der Waals surface area contributed by atoms with Crippen molar-refractivity contribution in [3.05, 3.63) is 30.1 Å². The highest BCUT2D eigenvalue weighted by Gasteiger charge is 2.04. The molecule has 4 nitrogen and oxygen atoms in total. The maximum absolute atomic E-state index is 6.01. The van der Waals surface area contributed by atoms with Crippen molar-refractivity contribution in [1.29, 1.82) is 0 Å². The zero-order valence-electron chi connectivity index (χ0n) is 10.9. The molecule has 2 aromatic rings. The summed E-state index contributed by atoms with van der Waals surface area (Å²) < 4.78 is 0. The zero-order chi connectivity index (χ0) is 12.8. The standard InChI is InChI=1S/C14H22N4/c1-2-3-6-11(15)9-16-10-14-17-12-7-4-5-8-13(12)18-14/h4-5,7-8,11,16H,2-3,6,9-10,15H2,1H3,(H,17,18). The van der Waals surface area contributed by atoms with E-state index in [9.17, 15) is 0 Å². The van der Waals surface area contributed by atoms with Gasteiger partial charge in [0.1, 0.15) is 5.82 Å². The Morgan fingerprint density at radius 1 is 1.39 bits per heavy atom. The number of rotatable bonds is 7. The molecule has 1 aromatic heterocycles. The summed E-state index contributed by atoms with van der Waals surface area (Å²) >= 11 is 0. The number of fused-ring (bicyclic) bond motifs is 1. The number of H-pyrrole nitrogens is 1. The number of nitrogens with two attached hydrogens (primary N) is 1. The molecule has 0 spiro atoms. The van der Waals surface area contributed by atoms with E-state index in [4.69, 9.17) is 5.73 Å². The fourth-order valence-electron chi connectivity index (χ4n) is 2.03. The smallest absolute Gasteiger partial charge is 0.121 e. The predicted molar refractivity (Wildman–Crippen MR) is 75.3 cm³/mol. The first kappa shape index (κ1) is 13.1. The average molecular weight is 246 g/mol. The summed E-state index contributed by atoms with van der Waals surface area (Å²) in [6.07, 6.45) is 3.49. The Bertz CT molecular complexity index is 444. The van der Waals surface area contributed by atoms with Gasteiger partial charge in [0.05, 0.1) is 17.6 Å². The highest BCUT2D eigenvalue weighted by atomic mass is 15.0. The number of aromatic amines is 1. The summed E-state index contributed by atoms with van der Waals surface area (Å²) in [5, 5.41) is 3.35. The number of aromatic nitrogens is 2. The van der Waals surface area contributed by atoms with Gasteiger partial charge in [0.15, 0.2) is 0 Å². The second-order valence-electron chi connectivity index (χ2n) is 4.73. The van der Waals surface area contributed by atoms with Gasteiger partial charge in [-0.05, 0) is 18.6 Å². The molecule has 0 fully saturated rings. The van der Waals surface area contributed by atoms with Gasteiger partial charge < -0.3 is 16.0 Å². The lowest BCUT2D eigenvalue weighted by Gasteiger charge is -2.11. The molecule has 4 N–H and O–H groups in total. The second-order valence-corrected chi connectivity index (χ2v) is 4.73. The quantitative estimate of drug-likeness (QED) is 0.701. The van der Waals surface area contributed by atoms with Crippen molar-refractivity contribution >= 4 is 11.0 Å². The Balaban J connectivity index is 1.79. The minimum absolute atomic E-state index is 0.245. The third kappa shape index (κ3) is 3.55. The summed E-state index contributed by atoms with van der Waals surface area (Å²) in [6, 6.07) is 8.31. The van der Waals surface area contributed by atoms with Gasteiger partial charge in [-0.25, -0.2) is 4.98 Å². The van der Waals surface area contributed by atoms with E-state index in [2.05, 4.69) is 22.2 Å². The third-order valence-electron chi connectivity index (χ3n) is 3.07. The van der Waals surface area contributed by atoms with Crippen LogP contribution in [0.1, 0.15) is 32.0 Å². The number of benzene rings is 1. The number of hydrogen-bond acceptors (Lipinski definition) is 3. The summed E-state index contributed by atoms with van der Waals surface area (Å²) in [6.45, 7) is 3.78. The molecule has 1 aromatic carbocycles. The molecule has 98 valence electrons. The fraction of sp³-hybridized carbons (Fsp3) is 0.500. The maximum Gasteiger partial charge on any atom is 0.121 e. The van der Waals surface area contributed by atoms with E-state index in [0.29, 0.717) is 0 Å². The van der Waals surface area contributed by atoms with Gasteiger partial charge in [0.2, 0.25) is 0 Å². The van der Waals surface area contributed by atoms with Crippen molar-refractivity contribution in [1.82, 2.24) is 15.3 Å². The van der Waals surface area contributed by atoms with E-state index < -0.39 is 0 Å². The van der Waals surface area contributed by atoms with Crippen LogP contribution in [0.5, 0.6) is 0 Å². The number of para-hydroxylation sites is 2. The summed E-state index contributed by atoms with van der Waals surface area (Å²) in [5.74, 6) is 0.971. The molecule has 0 aliphatic rings. The van der Waals surface area contributed by atoms with Crippen LogP contribution < -0.4 is 11.1 Å². The van der Waals surface area contributed by atoms with Crippen LogP contribution in [-0.2, 0) is 6.54 Å². The first-order chi connectivity index (χ1) is 8.79. The molecule has 1 atom stereocenters. The molecule has 0 aliphatic carbocycles. The van der Waals surface area contributed by atoms with Crippen molar-refractivity contribution in [2.45, 2.75) is 38.8 Å². The lowest BCUT2D eigenvalue weighted by Crippen LogP contribution is -2.33.